The first-order chi connectivity index (χ1) is 25.6. The van der Waals surface area contributed by atoms with Gasteiger partial charge in [-0.15, -0.1) is 23.5 Å². The molecule has 12 heteroatoms. The fourth-order valence-corrected chi connectivity index (χ4v) is 12.8. The van der Waals surface area contributed by atoms with Gasteiger partial charge in [0.25, 0.3) is 0 Å². The zero-order valence-corrected chi connectivity index (χ0v) is 35.5. The maximum atomic E-state index is 13.3. The summed E-state index contributed by atoms with van der Waals surface area (Å²) in [6.07, 6.45) is 9.51. The van der Waals surface area contributed by atoms with E-state index in [0.29, 0.717) is 34.3 Å². The Morgan fingerprint density at radius 1 is 0.611 bits per heavy atom. The van der Waals surface area contributed by atoms with E-state index in [1.807, 2.05) is 85.3 Å². The lowest BCUT2D eigenvalue weighted by molar-refractivity contribution is 0.337. The number of sulfone groups is 2. The van der Waals surface area contributed by atoms with E-state index in [-0.39, 0.29) is 43.6 Å². The molecule has 292 valence electrons. The van der Waals surface area contributed by atoms with Gasteiger partial charge in [-0.25, -0.2) is 16.8 Å². The van der Waals surface area contributed by atoms with Crippen molar-refractivity contribution in [1.29, 1.82) is 0 Å². The van der Waals surface area contributed by atoms with Crippen molar-refractivity contribution >= 4 is 65.9 Å². The molecule has 0 aromatic heterocycles. The summed E-state index contributed by atoms with van der Waals surface area (Å²) in [7, 11) is -7.03. The lowest BCUT2D eigenvalue weighted by atomic mass is 9.86. The molecule has 0 unspecified atom stereocenters. The van der Waals surface area contributed by atoms with Crippen LogP contribution in [-0.4, -0.2) is 64.2 Å². The third kappa shape index (κ3) is 9.37. The number of phenolic OH excluding ortho intramolecular Hbond substituents is 2. The summed E-state index contributed by atoms with van der Waals surface area (Å²) in [5, 5.41) is 20.6. The number of unbranched alkanes of at least 4 members (excludes halogenated alkanes) is 2. The lowest BCUT2D eigenvalue weighted by Gasteiger charge is -2.34. The van der Waals surface area contributed by atoms with E-state index in [2.05, 4.69) is 37.5 Å². The smallest absolute Gasteiger partial charge is 0.181 e. The van der Waals surface area contributed by atoms with Crippen molar-refractivity contribution in [3.63, 3.8) is 0 Å². The maximum Gasteiger partial charge on any atom is 0.181 e. The minimum Gasteiger partial charge on any atom is -0.507 e. The Hall–Kier alpha value is -3.32. The summed E-state index contributed by atoms with van der Waals surface area (Å²) >= 11 is 2.83. The van der Waals surface area contributed by atoms with Crippen molar-refractivity contribution in [3.8, 4) is 11.5 Å². The van der Waals surface area contributed by atoms with Crippen LogP contribution >= 0.6 is 23.5 Å². The zero-order chi connectivity index (χ0) is 39.3. The Morgan fingerprint density at radius 3 is 1.28 bits per heavy atom. The molecule has 0 aliphatic carbocycles. The lowest BCUT2D eigenvalue weighted by Crippen LogP contribution is -2.35. The molecule has 0 fully saturated rings. The number of thioether (sulfide) groups is 2. The van der Waals surface area contributed by atoms with Crippen LogP contribution < -0.4 is 9.80 Å². The molecule has 0 bridgehead atoms. The summed E-state index contributed by atoms with van der Waals surface area (Å²) in [6, 6.07) is 26.3. The van der Waals surface area contributed by atoms with Crippen molar-refractivity contribution in [1.82, 2.24) is 0 Å². The minimum atomic E-state index is -3.52. The third-order valence-corrected chi connectivity index (χ3v) is 16.0. The van der Waals surface area contributed by atoms with E-state index in [1.165, 1.54) is 35.7 Å². The summed E-state index contributed by atoms with van der Waals surface area (Å²) in [4.78, 5) is 6.02. The van der Waals surface area contributed by atoms with E-state index in [4.69, 9.17) is 0 Å². The molecule has 54 heavy (non-hydrogen) atoms. The highest BCUT2D eigenvalue weighted by Gasteiger charge is 2.41. The fourth-order valence-electron chi connectivity index (χ4n) is 7.61. The molecule has 0 amide bonds. The van der Waals surface area contributed by atoms with Crippen LogP contribution in [0.1, 0.15) is 66.2 Å². The summed E-state index contributed by atoms with van der Waals surface area (Å²) in [6.45, 7) is 9.64. The first-order valence-electron chi connectivity index (χ1n) is 18.5. The van der Waals surface area contributed by atoms with Gasteiger partial charge < -0.3 is 20.0 Å². The van der Waals surface area contributed by atoms with E-state index in [9.17, 15) is 27.0 Å². The van der Waals surface area contributed by atoms with Gasteiger partial charge in [-0.1, -0.05) is 89.8 Å². The Kier molecular flexibility index (Phi) is 13.3. The number of hydrogen-bond donors (Lipinski definition) is 2. The highest BCUT2D eigenvalue weighted by molar-refractivity contribution is 7.99. The molecule has 4 aromatic carbocycles. The van der Waals surface area contributed by atoms with E-state index >= 15 is 0 Å². The SMILES string of the molecule is CCCC[C@@]1(C)CN(c2ccccc2)c2cc(SC)c(O)cc2S(=O)(=O)C1.CCCC[C@]1(C)CN(c2ccccc2)c2cc(SC)c(O)cc2S(=O)(=O)C1. The third-order valence-electron chi connectivity index (χ3n) is 10.3. The van der Waals surface area contributed by atoms with E-state index < -0.39 is 19.7 Å². The predicted molar refractivity (Wildman–Crippen MR) is 226 cm³/mol. The normalized spacial score (nSPS) is 21.5. The standard InChI is InChI=1S/2C21H27NO3S2/c2*1-4-5-11-21(2)14-22(16-9-7-6-8-10-16)17-12-19(26-3)18(23)13-20(17)27(24,25)15-21/h2*6-10,12-13,23H,4-5,11,14-15H2,1-3H3/t2*21-/m10/s1. The number of aromatic hydroxyl groups is 2. The molecule has 8 nitrogen and oxygen atoms in total. The molecule has 2 atom stereocenters. The molecule has 2 aliphatic heterocycles. The van der Waals surface area contributed by atoms with Gasteiger partial charge in [0.1, 0.15) is 11.5 Å². The monoisotopic (exact) mass is 810 g/mol. The average molecular weight is 811 g/mol. The van der Waals surface area contributed by atoms with Crippen molar-refractivity contribution < 1.29 is 27.0 Å². The molecular weight excluding hydrogens is 757 g/mol. The van der Waals surface area contributed by atoms with Gasteiger partial charge in [-0.2, -0.15) is 0 Å². The first kappa shape index (κ1) is 41.8. The Morgan fingerprint density at radius 2 is 0.963 bits per heavy atom. The van der Waals surface area contributed by atoms with Crippen LogP contribution in [0.15, 0.2) is 105 Å². The van der Waals surface area contributed by atoms with Gasteiger partial charge in [0.2, 0.25) is 0 Å². The zero-order valence-electron chi connectivity index (χ0n) is 32.2. The van der Waals surface area contributed by atoms with Crippen LogP contribution in [0.4, 0.5) is 22.7 Å². The van der Waals surface area contributed by atoms with Gasteiger partial charge in [-0.3, -0.25) is 0 Å². The highest BCUT2D eigenvalue weighted by atomic mass is 32.2. The molecule has 2 heterocycles. The van der Waals surface area contributed by atoms with Crippen LogP contribution in [0.2, 0.25) is 0 Å². The molecule has 0 saturated heterocycles. The Bertz CT molecular complexity index is 1980. The molecule has 0 radical (unpaired) electrons. The van der Waals surface area contributed by atoms with Gasteiger partial charge in [0.05, 0.1) is 42.5 Å². The second-order valence-electron chi connectivity index (χ2n) is 15.2. The summed E-state index contributed by atoms with van der Waals surface area (Å²) in [5.74, 6) is 0.230. The maximum absolute atomic E-state index is 13.3. The number of rotatable bonds is 10. The number of phenols is 2. The van der Waals surface area contributed by atoms with Crippen LogP contribution in [0.5, 0.6) is 11.5 Å². The molecule has 0 spiro atoms. The van der Waals surface area contributed by atoms with E-state index in [1.54, 1.807) is 0 Å². The van der Waals surface area contributed by atoms with Crippen molar-refractivity contribution in [2.75, 3.05) is 46.9 Å². The number of anilines is 4. The quantitative estimate of drug-likeness (QED) is 0.150. The van der Waals surface area contributed by atoms with Crippen molar-refractivity contribution in [2.45, 2.75) is 85.8 Å². The van der Waals surface area contributed by atoms with Crippen LogP contribution in [-0.2, 0) is 19.7 Å². The number of para-hydroxylation sites is 2. The molecule has 2 N–H and O–H groups in total. The molecule has 2 aliphatic rings. The van der Waals surface area contributed by atoms with Crippen LogP contribution in [0.25, 0.3) is 0 Å². The van der Waals surface area contributed by atoms with Gasteiger partial charge in [-0.05, 0) is 72.6 Å². The number of hydrogen-bond acceptors (Lipinski definition) is 10. The summed E-state index contributed by atoms with van der Waals surface area (Å²) in [5.41, 5.74) is 2.53. The number of benzene rings is 4. The van der Waals surface area contributed by atoms with Crippen molar-refractivity contribution in [2.24, 2.45) is 10.8 Å². The van der Waals surface area contributed by atoms with E-state index in [0.717, 1.165) is 49.9 Å². The largest absolute Gasteiger partial charge is 0.507 e. The van der Waals surface area contributed by atoms with Crippen LogP contribution in [0, 0.1) is 10.8 Å². The second kappa shape index (κ2) is 17.2. The fraction of sp³-hybridized carbons (Fsp3) is 0.429. The molecule has 0 saturated carbocycles. The van der Waals surface area contributed by atoms with Crippen LogP contribution in [0.3, 0.4) is 0 Å². The first-order valence-corrected chi connectivity index (χ1v) is 24.3. The average Bonchev–Trinajstić information content (AvgIpc) is 3.29. The van der Waals surface area contributed by atoms with Crippen molar-refractivity contribution in [3.05, 3.63) is 84.9 Å². The number of nitrogens with zero attached hydrogens (tertiary/aromatic N) is 2. The number of fused-ring (bicyclic) bond motifs is 2. The molecular formula is C42H54N2O6S4. The Labute approximate surface area is 331 Å². The van der Waals surface area contributed by atoms with Gasteiger partial charge >= 0.3 is 0 Å². The molecule has 4 aromatic rings. The molecule has 6 rings (SSSR count). The summed E-state index contributed by atoms with van der Waals surface area (Å²) < 4.78 is 53.0. The highest BCUT2D eigenvalue weighted by Crippen LogP contribution is 2.47. The van der Waals surface area contributed by atoms with Gasteiger partial charge in [0, 0.05) is 36.6 Å². The Balaban J connectivity index is 0.000000208. The topological polar surface area (TPSA) is 115 Å². The second-order valence-corrected chi connectivity index (χ2v) is 20.8. The predicted octanol–water partition coefficient (Wildman–Crippen LogP) is 10.5. The van der Waals surface area contributed by atoms with Gasteiger partial charge in [0.15, 0.2) is 19.7 Å². The minimum absolute atomic E-state index is 0.0231.